The molecule has 0 unspecified atom stereocenters. The molecule has 0 radical (unpaired) electrons. The summed E-state index contributed by atoms with van der Waals surface area (Å²) in [6.07, 6.45) is 5.41. The van der Waals surface area contributed by atoms with Gasteiger partial charge in [0.25, 0.3) is 0 Å². The van der Waals surface area contributed by atoms with Gasteiger partial charge in [-0.2, -0.15) is 0 Å². The minimum Gasteiger partial charge on any atom is -0.493 e. The van der Waals surface area contributed by atoms with Gasteiger partial charge in [0.1, 0.15) is 0 Å². The molecule has 5 heteroatoms. The molecule has 0 aliphatic heterocycles. The molecule has 0 fully saturated rings. The molecular weight excluding hydrogens is 346 g/mol. The normalized spacial score (nSPS) is 10.8. The number of carbonyl (C=O) groups excluding carboxylic acids is 1. The first-order valence-corrected chi connectivity index (χ1v) is 9.66. The van der Waals surface area contributed by atoms with Crippen LogP contribution in [0.5, 0.6) is 11.5 Å². The van der Waals surface area contributed by atoms with Crippen molar-refractivity contribution in [1.82, 2.24) is 4.90 Å². The lowest BCUT2D eigenvalue weighted by Gasteiger charge is -2.15. The van der Waals surface area contributed by atoms with E-state index in [2.05, 4.69) is 24.3 Å². The zero-order chi connectivity index (χ0) is 18.9. The molecule has 26 heavy (non-hydrogen) atoms. The molecule has 0 N–H and O–H groups in total. The Bertz CT molecular complexity index is 756. The minimum atomic E-state index is -0.0484. The van der Waals surface area contributed by atoms with Crippen molar-refractivity contribution in [3.05, 3.63) is 59.7 Å². The number of likely N-dealkylation sites (N-methyl/N-ethyl adjacent to an activating group) is 1. The number of ether oxygens (including phenoxy) is 2. The van der Waals surface area contributed by atoms with Crippen LogP contribution in [0.15, 0.2) is 53.4 Å². The zero-order valence-electron chi connectivity index (χ0n) is 15.7. The molecular formula is C21H25NO3S. The van der Waals surface area contributed by atoms with E-state index in [4.69, 9.17) is 9.47 Å². The number of benzene rings is 2. The maximum absolute atomic E-state index is 12.4. The second kappa shape index (κ2) is 9.92. The largest absolute Gasteiger partial charge is 0.493 e. The van der Waals surface area contributed by atoms with Crippen LogP contribution >= 0.6 is 11.8 Å². The Balaban J connectivity index is 2.02. The number of hydrogen-bond acceptors (Lipinski definition) is 4. The molecule has 0 saturated heterocycles. The smallest absolute Gasteiger partial charge is 0.246 e. The van der Waals surface area contributed by atoms with Gasteiger partial charge in [-0.1, -0.05) is 18.2 Å². The first kappa shape index (κ1) is 19.9. The number of carbonyl (C=O) groups is 1. The number of thioether (sulfide) groups is 1. The Morgan fingerprint density at radius 1 is 1.15 bits per heavy atom. The molecule has 2 rings (SSSR count). The third kappa shape index (κ3) is 5.56. The minimum absolute atomic E-state index is 0.0484. The van der Waals surface area contributed by atoms with Gasteiger partial charge >= 0.3 is 0 Å². The van der Waals surface area contributed by atoms with E-state index in [-0.39, 0.29) is 5.91 Å². The Morgan fingerprint density at radius 3 is 2.50 bits per heavy atom. The summed E-state index contributed by atoms with van der Waals surface area (Å²) < 4.78 is 10.8. The molecule has 0 spiro atoms. The summed E-state index contributed by atoms with van der Waals surface area (Å²) in [5.41, 5.74) is 2.00. The SMILES string of the molecule is CCOc1cc(/C=C/C(=O)N(C)Cc2ccc(SC)cc2)ccc1OC. The van der Waals surface area contributed by atoms with Crippen LogP contribution in [0.25, 0.3) is 6.08 Å². The van der Waals surface area contributed by atoms with Gasteiger partial charge in [0, 0.05) is 24.6 Å². The maximum Gasteiger partial charge on any atom is 0.246 e. The summed E-state index contributed by atoms with van der Waals surface area (Å²) in [5, 5.41) is 0. The van der Waals surface area contributed by atoms with E-state index in [0.29, 0.717) is 24.7 Å². The standard InChI is InChI=1S/C21H25NO3S/c1-5-25-20-14-16(8-12-19(20)24-3)9-13-21(23)22(2)15-17-6-10-18(26-4)11-7-17/h6-14H,5,15H2,1-4H3/b13-9+. The van der Waals surface area contributed by atoms with E-state index in [1.54, 1.807) is 43.0 Å². The summed E-state index contributed by atoms with van der Waals surface area (Å²) in [4.78, 5) is 15.3. The quantitative estimate of drug-likeness (QED) is 0.506. The lowest BCUT2D eigenvalue weighted by Crippen LogP contribution is -2.24. The average Bonchev–Trinajstić information content (AvgIpc) is 2.67. The molecule has 1 amide bonds. The highest BCUT2D eigenvalue weighted by Crippen LogP contribution is 2.28. The second-order valence-electron chi connectivity index (χ2n) is 5.72. The van der Waals surface area contributed by atoms with Crippen LogP contribution in [0, 0.1) is 0 Å². The first-order chi connectivity index (χ1) is 12.6. The Kier molecular flexibility index (Phi) is 7.60. The van der Waals surface area contributed by atoms with Gasteiger partial charge in [0.05, 0.1) is 13.7 Å². The number of rotatable bonds is 8. The van der Waals surface area contributed by atoms with Crippen molar-refractivity contribution < 1.29 is 14.3 Å². The van der Waals surface area contributed by atoms with Crippen LogP contribution in [0.2, 0.25) is 0 Å². The van der Waals surface area contributed by atoms with E-state index < -0.39 is 0 Å². The fraction of sp³-hybridized carbons (Fsp3) is 0.286. The zero-order valence-corrected chi connectivity index (χ0v) is 16.5. The van der Waals surface area contributed by atoms with Crippen molar-refractivity contribution in [3.63, 3.8) is 0 Å². The summed E-state index contributed by atoms with van der Waals surface area (Å²) in [6, 6.07) is 13.8. The van der Waals surface area contributed by atoms with Crippen LogP contribution in [-0.2, 0) is 11.3 Å². The molecule has 0 aromatic heterocycles. The summed E-state index contributed by atoms with van der Waals surface area (Å²) in [6.45, 7) is 3.05. The molecule has 0 aliphatic carbocycles. The van der Waals surface area contributed by atoms with Crippen molar-refractivity contribution in [1.29, 1.82) is 0 Å². The van der Waals surface area contributed by atoms with Crippen molar-refractivity contribution in [3.8, 4) is 11.5 Å². The van der Waals surface area contributed by atoms with Crippen molar-refractivity contribution in [2.45, 2.75) is 18.4 Å². The highest BCUT2D eigenvalue weighted by molar-refractivity contribution is 7.98. The highest BCUT2D eigenvalue weighted by Gasteiger charge is 2.07. The van der Waals surface area contributed by atoms with Gasteiger partial charge in [-0.3, -0.25) is 4.79 Å². The Hall–Kier alpha value is -2.40. The van der Waals surface area contributed by atoms with Gasteiger partial charge in [-0.15, -0.1) is 11.8 Å². The molecule has 0 aliphatic rings. The lowest BCUT2D eigenvalue weighted by atomic mass is 10.1. The summed E-state index contributed by atoms with van der Waals surface area (Å²) in [7, 11) is 3.41. The first-order valence-electron chi connectivity index (χ1n) is 8.44. The molecule has 4 nitrogen and oxygen atoms in total. The molecule has 0 saturated carbocycles. The highest BCUT2D eigenvalue weighted by atomic mass is 32.2. The van der Waals surface area contributed by atoms with Crippen LogP contribution in [-0.4, -0.2) is 37.8 Å². The summed E-state index contributed by atoms with van der Waals surface area (Å²) in [5.74, 6) is 1.31. The number of amides is 1. The van der Waals surface area contributed by atoms with Gasteiger partial charge in [0.2, 0.25) is 5.91 Å². The second-order valence-corrected chi connectivity index (χ2v) is 6.60. The fourth-order valence-electron chi connectivity index (χ4n) is 2.44. The van der Waals surface area contributed by atoms with Crippen LogP contribution in [0.1, 0.15) is 18.1 Å². The third-order valence-electron chi connectivity index (χ3n) is 3.86. The predicted octanol–water partition coefficient (Wildman–Crippen LogP) is 4.49. The Morgan fingerprint density at radius 2 is 1.88 bits per heavy atom. The van der Waals surface area contributed by atoms with Crippen molar-refractivity contribution >= 4 is 23.7 Å². The molecule has 0 heterocycles. The van der Waals surface area contributed by atoms with E-state index >= 15 is 0 Å². The van der Waals surface area contributed by atoms with Gasteiger partial charge < -0.3 is 14.4 Å². The molecule has 138 valence electrons. The number of methoxy groups -OCH3 is 1. The van der Waals surface area contributed by atoms with Crippen molar-refractivity contribution in [2.24, 2.45) is 0 Å². The molecule has 0 bridgehead atoms. The van der Waals surface area contributed by atoms with E-state index in [0.717, 1.165) is 11.1 Å². The average molecular weight is 372 g/mol. The van der Waals surface area contributed by atoms with Crippen LogP contribution in [0.3, 0.4) is 0 Å². The fourth-order valence-corrected chi connectivity index (χ4v) is 2.85. The predicted molar refractivity (Wildman–Crippen MR) is 108 cm³/mol. The van der Waals surface area contributed by atoms with Crippen molar-refractivity contribution in [2.75, 3.05) is 27.0 Å². The third-order valence-corrected chi connectivity index (χ3v) is 4.60. The van der Waals surface area contributed by atoms with Gasteiger partial charge in [-0.25, -0.2) is 0 Å². The van der Waals surface area contributed by atoms with Crippen LogP contribution in [0.4, 0.5) is 0 Å². The van der Waals surface area contributed by atoms with Gasteiger partial charge in [-0.05, 0) is 54.6 Å². The number of nitrogens with zero attached hydrogens (tertiary/aromatic N) is 1. The number of hydrogen-bond donors (Lipinski definition) is 0. The van der Waals surface area contributed by atoms with E-state index in [1.807, 2.05) is 31.4 Å². The molecule has 0 atom stereocenters. The van der Waals surface area contributed by atoms with E-state index in [1.165, 1.54) is 4.90 Å². The van der Waals surface area contributed by atoms with E-state index in [9.17, 15) is 4.79 Å². The Labute approximate surface area is 159 Å². The maximum atomic E-state index is 12.4. The van der Waals surface area contributed by atoms with Crippen LogP contribution < -0.4 is 9.47 Å². The van der Waals surface area contributed by atoms with Gasteiger partial charge in [0.15, 0.2) is 11.5 Å². The monoisotopic (exact) mass is 371 g/mol. The molecule has 2 aromatic carbocycles. The lowest BCUT2D eigenvalue weighted by molar-refractivity contribution is -0.125. The topological polar surface area (TPSA) is 38.8 Å². The molecule has 2 aromatic rings. The summed E-state index contributed by atoms with van der Waals surface area (Å²) >= 11 is 1.70.